The van der Waals surface area contributed by atoms with E-state index in [9.17, 15) is 14.0 Å². The fourth-order valence-electron chi connectivity index (χ4n) is 3.39. The molecular weight excluding hydrogens is 463 g/mol. The summed E-state index contributed by atoms with van der Waals surface area (Å²) in [5, 5.41) is 11.8. The predicted octanol–water partition coefficient (Wildman–Crippen LogP) is 5.05. The van der Waals surface area contributed by atoms with Gasteiger partial charge in [-0.05, 0) is 42.7 Å². The van der Waals surface area contributed by atoms with Crippen molar-refractivity contribution in [3.63, 3.8) is 0 Å². The summed E-state index contributed by atoms with van der Waals surface area (Å²) in [7, 11) is 0. The number of hydrogen-bond donors (Lipinski definition) is 2. The number of hydrogen-bond acceptors (Lipinski definition) is 7. The van der Waals surface area contributed by atoms with E-state index in [-0.39, 0.29) is 29.9 Å². The minimum atomic E-state index is -0.326. The van der Waals surface area contributed by atoms with Gasteiger partial charge in [0.05, 0.1) is 12.4 Å². The van der Waals surface area contributed by atoms with E-state index >= 15 is 0 Å². The third-order valence-electron chi connectivity index (χ3n) is 4.80. The smallest absolute Gasteiger partial charge is 0.316 e. The third-order valence-corrected chi connectivity index (χ3v) is 6.75. The van der Waals surface area contributed by atoms with Crippen molar-refractivity contribution in [1.29, 1.82) is 0 Å². The number of aryl methyl sites for hydroxylation is 1. The molecule has 2 N–H and O–H groups in total. The van der Waals surface area contributed by atoms with Crippen LogP contribution in [-0.2, 0) is 20.7 Å². The predicted molar refractivity (Wildman–Crippen MR) is 128 cm³/mol. The highest BCUT2D eigenvalue weighted by molar-refractivity contribution is 8.01. The number of nitrogens with zero attached hydrogens (tertiary/aromatic N) is 2. The molecule has 1 amide bonds. The van der Waals surface area contributed by atoms with Gasteiger partial charge in [-0.3, -0.25) is 9.59 Å². The molecule has 7 nitrogen and oxygen atoms in total. The Hall–Kier alpha value is -3.24. The molecule has 0 saturated carbocycles. The second-order valence-electron chi connectivity index (χ2n) is 7.05. The van der Waals surface area contributed by atoms with Gasteiger partial charge >= 0.3 is 5.97 Å². The Balaban J connectivity index is 1.44. The van der Waals surface area contributed by atoms with Crippen molar-refractivity contribution in [2.24, 2.45) is 0 Å². The lowest BCUT2D eigenvalue weighted by Gasteiger charge is -2.06. The Morgan fingerprint density at radius 1 is 1.18 bits per heavy atom. The average molecular weight is 485 g/mol. The molecule has 0 aliphatic heterocycles. The lowest BCUT2D eigenvalue weighted by atomic mass is 10.0. The van der Waals surface area contributed by atoms with Crippen molar-refractivity contribution in [3.8, 4) is 11.3 Å². The second-order valence-corrected chi connectivity index (χ2v) is 9.25. The van der Waals surface area contributed by atoms with E-state index in [1.807, 2.05) is 30.3 Å². The summed E-state index contributed by atoms with van der Waals surface area (Å²) < 4.78 is 19.4. The first-order valence-corrected chi connectivity index (χ1v) is 12.1. The lowest BCUT2D eigenvalue weighted by Crippen LogP contribution is -2.12. The van der Waals surface area contributed by atoms with Crippen molar-refractivity contribution in [3.05, 3.63) is 59.9 Å². The maximum Gasteiger partial charge on any atom is 0.316 e. The number of rotatable bonds is 9. The summed E-state index contributed by atoms with van der Waals surface area (Å²) in [4.78, 5) is 27.4. The monoisotopic (exact) mass is 484 g/mol. The minimum absolute atomic E-state index is 0.135. The van der Waals surface area contributed by atoms with E-state index in [4.69, 9.17) is 4.74 Å². The number of H-pyrrole nitrogens is 1. The van der Waals surface area contributed by atoms with Crippen LogP contribution in [0.5, 0.6) is 0 Å². The zero-order valence-corrected chi connectivity index (χ0v) is 19.4. The van der Waals surface area contributed by atoms with Gasteiger partial charge in [0.2, 0.25) is 11.0 Å². The molecule has 0 unspecified atom stereocenters. The number of carbonyl (C=O) groups excluding carboxylic acids is 2. The van der Waals surface area contributed by atoms with Gasteiger partial charge in [-0.2, -0.15) is 0 Å². The number of ether oxygens (including phenoxy) is 1. The Kier molecular flexibility index (Phi) is 7.36. The molecule has 170 valence electrons. The number of aromatic nitrogens is 3. The van der Waals surface area contributed by atoms with E-state index < -0.39 is 0 Å². The van der Waals surface area contributed by atoms with Crippen LogP contribution in [0.15, 0.2) is 52.9 Å². The molecule has 0 bridgehead atoms. The van der Waals surface area contributed by atoms with Crippen LogP contribution in [0.2, 0.25) is 0 Å². The summed E-state index contributed by atoms with van der Waals surface area (Å²) in [6, 6.07) is 14.4. The first-order valence-electron chi connectivity index (χ1n) is 10.3. The highest BCUT2D eigenvalue weighted by Crippen LogP contribution is 2.32. The maximum absolute atomic E-state index is 13.9. The van der Waals surface area contributed by atoms with E-state index in [1.54, 1.807) is 13.0 Å². The van der Waals surface area contributed by atoms with Gasteiger partial charge in [-0.25, -0.2) is 4.39 Å². The molecule has 0 fully saturated rings. The van der Waals surface area contributed by atoms with Gasteiger partial charge in [0.1, 0.15) is 5.82 Å². The standard InChI is InChI=1S/C23H21FN4O3S2/c1-2-31-20(30)13-32-23-28-27-22(33-23)26-19(29)11-9-16-17-12-15(24)8-10-18(17)25-21(16)14-6-4-3-5-7-14/h3-8,10,12,25H,2,9,11,13H2,1H3,(H,26,27,29). The summed E-state index contributed by atoms with van der Waals surface area (Å²) in [5.74, 6) is -0.741. The molecular formula is C23H21FN4O3S2. The number of benzene rings is 2. The summed E-state index contributed by atoms with van der Waals surface area (Å²) >= 11 is 2.40. The van der Waals surface area contributed by atoms with Gasteiger partial charge in [-0.15, -0.1) is 10.2 Å². The molecule has 2 aromatic carbocycles. The molecule has 0 aliphatic rings. The number of halogens is 1. The molecule has 2 aromatic heterocycles. The highest BCUT2D eigenvalue weighted by Gasteiger charge is 2.16. The van der Waals surface area contributed by atoms with Crippen molar-refractivity contribution in [2.75, 3.05) is 17.7 Å². The Morgan fingerprint density at radius 3 is 2.79 bits per heavy atom. The first-order chi connectivity index (χ1) is 16.0. The van der Waals surface area contributed by atoms with Crippen LogP contribution in [0, 0.1) is 5.82 Å². The highest BCUT2D eigenvalue weighted by atomic mass is 32.2. The van der Waals surface area contributed by atoms with Crippen LogP contribution < -0.4 is 5.32 Å². The number of esters is 1. The maximum atomic E-state index is 13.9. The summed E-state index contributed by atoms with van der Waals surface area (Å²) in [5.41, 5.74) is 3.54. The first kappa shape index (κ1) is 22.9. The molecule has 0 aliphatic carbocycles. The van der Waals surface area contributed by atoms with Crippen LogP contribution >= 0.6 is 23.1 Å². The third kappa shape index (κ3) is 5.77. The largest absolute Gasteiger partial charge is 0.465 e. The topological polar surface area (TPSA) is 97.0 Å². The number of amides is 1. The number of fused-ring (bicyclic) bond motifs is 1. The van der Waals surface area contributed by atoms with Crippen LogP contribution in [0.1, 0.15) is 18.9 Å². The van der Waals surface area contributed by atoms with E-state index in [0.29, 0.717) is 22.5 Å². The van der Waals surface area contributed by atoms with Crippen LogP contribution in [-0.4, -0.2) is 39.4 Å². The number of nitrogens with one attached hydrogen (secondary N) is 2. The minimum Gasteiger partial charge on any atom is -0.465 e. The lowest BCUT2D eigenvalue weighted by molar-refractivity contribution is -0.139. The number of aromatic amines is 1. The Labute approximate surface area is 197 Å². The molecule has 2 heterocycles. The zero-order valence-electron chi connectivity index (χ0n) is 17.8. The van der Waals surface area contributed by atoms with Gasteiger partial charge < -0.3 is 15.0 Å². The van der Waals surface area contributed by atoms with Crippen molar-refractivity contribution in [1.82, 2.24) is 15.2 Å². The zero-order chi connectivity index (χ0) is 23.2. The molecule has 0 spiro atoms. The summed E-state index contributed by atoms with van der Waals surface area (Å²) in [6.45, 7) is 2.07. The van der Waals surface area contributed by atoms with E-state index in [1.165, 1.54) is 35.2 Å². The van der Waals surface area contributed by atoms with Gasteiger partial charge in [-0.1, -0.05) is 53.4 Å². The molecule has 33 heavy (non-hydrogen) atoms. The number of thioether (sulfide) groups is 1. The van der Waals surface area contributed by atoms with Gasteiger partial charge in [0.25, 0.3) is 0 Å². The molecule has 4 aromatic rings. The Morgan fingerprint density at radius 2 is 2.00 bits per heavy atom. The normalized spacial score (nSPS) is 11.0. The molecule has 0 radical (unpaired) electrons. The number of carbonyl (C=O) groups is 2. The van der Waals surface area contributed by atoms with Crippen LogP contribution in [0.3, 0.4) is 0 Å². The Bertz CT molecular complexity index is 1270. The molecule has 10 heteroatoms. The van der Waals surface area contributed by atoms with Crippen molar-refractivity contribution < 1.29 is 18.7 Å². The van der Waals surface area contributed by atoms with E-state index in [2.05, 4.69) is 20.5 Å². The van der Waals surface area contributed by atoms with Crippen LogP contribution in [0.25, 0.3) is 22.2 Å². The van der Waals surface area contributed by atoms with E-state index in [0.717, 1.165) is 27.7 Å². The fraction of sp³-hybridized carbons (Fsp3) is 0.217. The van der Waals surface area contributed by atoms with Gasteiger partial charge in [0, 0.05) is 23.0 Å². The van der Waals surface area contributed by atoms with Crippen molar-refractivity contribution in [2.45, 2.75) is 24.1 Å². The number of anilines is 1. The van der Waals surface area contributed by atoms with Gasteiger partial charge in [0.15, 0.2) is 4.34 Å². The van der Waals surface area contributed by atoms with Crippen molar-refractivity contribution >= 4 is 51.0 Å². The van der Waals surface area contributed by atoms with Crippen LogP contribution in [0.4, 0.5) is 9.52 Å². The average Bonchev–Trinajstić information content (AvgIpc) is 3.41. The second kappa shape index (κ2) is 10.6. The SMILES string of the molecule is CCOC(=O)CSc1nnc(NC(=O)CCc2c(-c3ccccc3)[nH]c3ccc(F)cc23)s1. The quantitative estimate of drug-likeness (QED) is 0.196. The molecule has 0 atom stereocenters. The summed E-state index contributed by atoms with van der Waals surface area (Å²) in [6.07, 6.45) is 0.608. The fourth-order valence-corrected chi connectivity index (χ4v) is 4.96. The molecule has 4 rings (SSSR count). The molecule has 0 saturated heterocycles.